The molecule has 0 heterocycles. The lowest BCUT2D eigenvalue weighted by Crippen LogP contribution is -1.97. The number of halogens is 1. The van der Waals surface area contributed by atoms with Crippen molar-refractivity contribution < 1.29 is 19.3 Å². The van der Waals surface area contributed by atoms with E-state index in [0.717, 1.165) is 5.56 Å². The number of hydrogen-bond donors (Lipinski definition) is 2. The number of hydrogen-bond acceptors (Lipinski definition) is 3. The summed E-state index contributed by atoms with van der Waals surface area (Å²) in [5.74, 6) is 0.499. The van der Waals surface area contributed by atoms with Crippen LogP contribution in [0.5, 0.6) is 11.5 Å². The van der Waals surface area contributed by atoms with Gasteiger partial charge in [0.2, 0.25) is 0 Å². The number of aliphatic hydroxyl groups is 2. The van der Waals surface area contributed by atoms with Crippen molar-refractivity contribution in [3.05, 3.63) is 59.4 Å². The highest BCUT2D eigenvalue weighted by atomic mass is 19.1. The fourth-order valence-electron chi connectivity index (χ4n) is 1.77. The average Bonchev–Trinajstić information content (AvgIpc) is 2.41. The second-order valence-corrected chi connectivity index (χ2v) is 4.27. The normalized spacial score (nSPS) is 12.2. The van der Waals surface area contributed by atoms with Crippen molar-refractivity contribution >= 4 is 0 Å². The third-order valence-corrected chi connectivity index (χ3v) is 2.73. The van der Waals surface area contributed by atoms with Gasteiger partial charge in [0, 0.05) is 5.56 Å². The van der Waals surface area contributed by atoms with E-state index in [2.05, 4.69) is 0 Å². The van der Waals surface area contributed by atoms with Crippen molar-refractivity contribution in [1.82, 2.24) is 0 Å². The summed E-state index contributed by atoms with van der Waals surface area (Å²) in [6.07, 6.45) is -0.827. The van der Waals surface area contributed by atoms with Gasteiger partial charge in [-0.15, -0.1) is 0 Å². The van der Waals surface area contributed by atoms with Crippen LogP contribution in [0.25, 0.3) is 0 Å². The molecule has 2 N–H and O–H groups in total. The molecule has 2 aromatic rings. The fourth-order valence-corrected chi connectivity index (χ4v) is 1.77. The van der Waals surface area contributed by atoms with Gasteiger partial charge in [-0.2, -0.15) is 0 Å². The van der Waals surface area contributed by atoms with E-state index in [1.54, 1.807) is 31.2 Å². The van der Waals surface area contributed by atoms with Crippen LogP contribution in [0.3, 0.4) is 0 Å². The smallest absolute Gasteiger partial charge is 0.133 e. The number of rotatable bonds is 4. The van der Waals surface area contributed by atoms with Crippen LogP contribution in [-0.4, -0.2) is 10.2 Å². The van der Waals surface area contributed by atoms with Gasteiger partial charge in [-0.25, -0.2) is 4.39 Å². The maximum absolute atomic E-state index is 13.2. The van der Waals surface area contributed by atoms with Crippen LogP contribution in [0.1, 0.15) is 24.2 Å². The lowest BCUT2D eigenvalue weighted by atomic mass is 10.1. The Hall–Kier alpha value is -1.91. The third-order valence-electron chi connectivity index (χ3n) is 2.73. The molecule has 1 atom stereocenters. The summed E-state index contributed by atoms with van der Waals surface area (Å²) in [4.78, 5) is 0. The molecular weight excluding hydrogens is 247 g/mol. The Morgan fingerprint density at radius 1 is 1.21 bits per heavy atom. The summed E-state index contributed by atoms with van der Waals surface area (Å²) in [6.45, 7) is 1.47. The standard InChI is InChI=1S/C15H15FO3/c1-10(18)14-8-12(16)5-6-15(14)19-13-4-2-3-11(7-13)9-17/h2-8,10,17-18H,9H2,1H3. The maximum Gasteiger partial charge on any atom is 0.133 e. The van der Waals surface area contributed by atoms with Crippen LogP contribution in [-0.2, 0) is 6.61 Å². The quantitative estimate of drug-likeness (QED) is 0.889. The lowest BCUT2D eigenvalue weighted by molar-refractivity contribution is 0.195. The van der Waals surface area contributed by atoms with Crippen molar-refractivity contribution in [2.45, 2.75) is 19.6 Å². The first-order valence-corrected chi connectivity index (χ1v) is 5.95. The Labute approximate surface area is 110 Å². The highest BCUT2D eigenvalue weighted by Crippen LogP contribution is 2.30. The summed E-state index contributed by atoms with van der Waals surface area (Å²) < 4.78 is 18.8. The topological polar surface area (TPSA) is 49.7 Å². The minimum atomic E-state index is -0.827. The van der Waals surface area contributed by atoms with Gasteiger partial charge in [-0.05, 0) is 42.8 Å². The zero-order valence-corrected chi connectivity index (χ0v) is 10.5. The molecule has 0 amide bonds. The van der Waals surface area contributed by atoms with E-state index in [1.807, 2.05) is 0 Å². The van der Waals surface area contributed by atoms with Crippen molar-refractivity contribution in [1.29, 1.82) is 0 Å². The Balaban J connectivity index is 2.32. The van der Waals surface area contributed by atoms with Crippen LogP contribution >= 0.6 is 0 Å². The molecular formula is C15H15FO3. The molecule has 3 nitrogen and oxygen atoms in total. The third kappa shape index (κ3) is 3.30. The molecule has 4 heteroatoms. The summed E-state index contributed by atoms with van der Waals surface area (Å²) >= 11 is 0. The second kappa shape index (κ2) is 5.82. The average molecular weight is 262 g/mol. The molecule has 0 aromatic heterocycles. The van der Waals surface area contributed by atoms with Crippen LogP contribution in [0.4, 0.5) is 4.39 Å². The van der Waals surface area contributed by atoms with E-state index < -0.39 is 11.9 Å². The number of benzene rings is 2. The summed E-state index contributed by atoms with van der Waals surface area (Å²) in [5, 5.41) is 18.7. The first kappa shape index (κ1) is 13.5. The monoisotopic (exact) mass is 262 g/mol. The van der Waals surface area contributed by atoms with Gasteiger partial charge in [0.1, 0.15) is 17.3 Å². The first-order valence-electron chi connectivity index (χ1n) is 5.95. The van der Waals surface area contributed by atoms with Crippen molar-refractivity contribution in [2.75, 3.05) is 0 Å². The zero-order chi connectivity index (χ0) is 13.8. The lowest BCUT2D eigenvalue weighted by Gasteiger charge is -2.13. The summed E-state index contributed by atoms with van der Waals surface area (Å²) in [6, 6.07) is 10.9. The summed E-state index contributed by atoms with van der Waals surface area (Å²) in [5.41, 5.74) is 1.10. The molecule has 0 aliphatic heterocycles. The zero-order valence-electron chi connectivity index (χ0n) is 10.5. The fraction of sp³-hybridized carbons (Fsp3) is 0.200. The van der Waals surface area contributed by atoms with Crippen LogP contribution in [0, 0.1) is 5.82 Å². The van der Waals surface area contributed by atoms with Crippen LogP contribution in [0.2, 0.25) is 0 Å². The Morgan fingerprint density at radius 2 is 2.00 bits per heavy atom. The van der Waals surface area contributed by atoms with E-state index in [9.17, 15) is 9.50 Å². The summed E-state index contributed by atoms with van der Waals surface area (Å²) in [7, 11) is 0. The van der Waals surface area contributed by atoms with Crippen LogP contribution < -0.4 is 4.74 Å². The second-order valence-electron chi connectivity index (χ2n) is 4.27. The van der Waals surface area contributed by atoms with Gasteiger partial charge in [0.05, 0.1) is 12.7 Å². The van der Waals surface area contributed by atoms with E-state index in [0.29, 0.717) is 17.1 Å². The van der Waals surface area contributed by atoms with Gasteiger partial charge in [0.25, 0.3) is 0 Å². The predicted octanol–water partition coefficient (Wildman–Crippen LogP) is 3.16. The molecule has 0 spiro atoms. The first-order chi connectivity index (χ1) is 9.10. The number of ether oxygens (including phenoxy) is 1. The van der Waals surface area contributed by atoms with Crippen LogP contribution in [0.15, 0.2) is 42.5 Å². The molecule has 0 saturated carbocycles. The molecule has 0 fully saturated rings. The van der Waals surface area contributed by atoms with E-state index in [4.69, 9.17) is 9.84 Å². The molecule has 0 radical (unpaired) electrons. The molecule has 100 valence electrons. The minimum Gasteiger partial charge on any atom is -0.457 e. The molecule has 2 rings (SSSR count). The van der Waals surface area contributed by atoms with E-state index in [-0.39, 0.29) is 6.61 Å². The molecule has 2 aromatic carbocycles. The number of aliphatic hydroxyl groups excluding tert-OH is 2. The Kier molecular flexibility index (Phi) is 4.14. The van der Waals surface area contributed by atoms with Gasteiger partial charge in [-0.3, -0.25) is 0 Å². The predicted molar refractivity (Wildman–Crippen MR) is 69.5 cm³/mol. The molecule has 0 aliphatic carbocycles. The van der Waals surface area contributed by atoms with Crippen molar-refractivity contribution in [3.8, 4) is 11.5 Å². The largest absolute Gasteiger partial charge is 0.457 e. The molecule has 1 unspecified atom stereocenters. The Morgan fingerprint density at radius 3 is 2.68 bits per heavy atom. The van der Waals surface area contributed by atoms with Gasteiger partial charge in [-0.1, -0.05) is 12.1 Å². The minimum absolute atomic E-state index is 0.0795. The molecule has 0 bridgehead atoms. The molecule has 0 aliphatic rings. The van der Waals surface area contributed by atoms with Gasteiger partial charge < -0.3 is 14.9 Å². The van der Waals surface area contributed by atoms with Gasteiger partial charge in [0.15, 0.2) is 0 Å². The van der Waals surface area contributed by atoms with E-state index >= 15 is 0 Å². The maximum atomic E-state index is 13.2. The van der Waals surface area contributed by atoms with Crippen molar-refractivity contribution in [3.63, 3.8) is 0 Å². The van der Waals surface area contributed by atoms with Crippen molar-refractivity contribution in [2.24, 2.45) is 0 Å². The highest BCUT2D eigenvalue weighted by molar-refractivity contribution is 5.40. The molecule has 19 heavy (non-hydrogen) atoms. The van der Waals surface area contributed by atoms with E-state index in [1.165, 1.54) is 18.2 Å². The van der Waals surface area contributed by atoms with Gasteiger partial charge >= 0.3 is 0 Å². The highest BCUT2D eigenvalue weighted by Gasteiger charge is 2.11. The SMILES string of the molecule is CC(O)c1cc(F)ccc1Oc1cccc(CO)c1. The Bertz CT molecular complexity index is 567. The molecule has 0 saturated heterocycles.